The van der Waals surface area contributed by atoms with Crippen LogP contribution in [0.4, 0.5) is 0 Å². The summed E-state index contributed by atoms with van der Waals surface area (Å²) in [6.45, 7) is 3.63. The minimum Gasteiger partial charge on any atom is -0.314 e. The Kier molecular flexibility index (Phi) is 5.84. The van der Waals surface area contributed by atoms with Crippen molar-refractivity contribution in [2.75, 3.05) is 6.54 Å². The molecule has 2 rings (SSSR count). The SMILES string of the molecule is CCC1CCCC(NCCCC2CCCC2)C1. The molecule has 0 aliphatic heterocycles. The molecular formula is C16H31N. The molecule has 1 nitrogen and oxygen atoms in total. The summed E-state index contributed by atoms with van der Waals surface area (Å²) in [6.07, 6.45) is 16.1. The van der Waals surface area contributed by atoms with Gasteiger partial charge < -0.3 is 5.32 Å². The summed E-state index contributed by atoms with van der Waals surface area (Å²) in [5.41, 5.74) is 0. The third-order valence-corrected chi connectivity index (χ3v) is 5.06. The van der Waals surface area contributed by atoms with Crippen molar-refractivity contribution < 1.29 is 0 Å². The van der Waals surface area contributed by atoms with E-state index in [1.165, 1.54) is 77.2 Å². The van der Waals surface area contributed by atoms with Crippen LogP contribution in [-0.4, -0.2) is 12.6 Å². The zero-order valence-corrected chi connectivity index (χ0v) is 11.7. The number of nitrogens with one attached hydrogen (secondary N) is 1. The predicted octanol–water partition coefficient (Wildman–Crippen LogP) is 4.52. The molecule has 0 amide bonds. The molecule has 2 aliphatic rings. The summed E-state index contributed by atoms with van der Waals surface area (Å²) >= 11 is 0. The van der Waals surface area contributed by atoms with Crippen LogP contribution < -0.4 is 5.32 Å². The molecule has 0 aromatic heterocycles. The van der Waals surface area contributed by atoms with Gasteiger partial charge in [0.1, 0.15) is 0 Å². The van der Waals surface area contributed by atoms with E-state index in [2.05, 4.69) is 12.2 Å². The van der Waals surface area contributed by atoms with Gasteiger partial charge in [0.2, 0.25) is 0 Å². The van der Waals surface area contributed by atoms with E-state index in [1.807, 2.05) is 0 Å². The third-order valence-electron chi connectivity index (χ3n) is 5.06. The predicted molar refractivity (Wildman–Crippen MR) is 75.2 cm³/mol. The fourth-order valence-electron chi connectivity index (χ4n) is 3.84. The standard InChI is InChI=1S/C16H31N/c1-2-14-9-5-11-16(13-14)17-12-6-10-15-7-3-4-8-15/h14-17H,2-13H2,1H3. The Labute approximate surface area is 108 Å². The van der Waals surface area contributed by atoms with Crippen molar-refractivity contribution in [2.45, 2.75) is 83.6 Å². The molecular weight excluding hydrogens is 206 g/mol. The maximum Gasteiger partial charge on any atom is 0.00697 e. The Morgan fingerprint density at radius 2 is 1.71 bits per heavy atom. The van der Waals surface area contributed by atoms with Gasteiger partial charge in [0.05, 0.1) is 0 Å². The van der Waals surface area contributed by atoms with E-state index in [1.54, 1.807) is 0 Å². The van der Waals surface area contributed by atoms with Crippen molar-refractivity contribution in [2.24, 2.45) is 11.8 Å². The molecule has 0 aromatic carbocycles. The Balaban J connectivity index is 1.52. The lowest BCUT2D eigenvalue weighted by molar-refractivity contribution is 0.277. The van der Waals surface area contributed by atoms with E-state index in [4.69, 9.17) is 0 Å². The van der Waals surface area contributed by atoms with Crippen LogP contribution in [0, 0.1) is 11.8 Å². The third kappa shape index (κ3) is 4.62. The Morgan fingerprint density at radius 1 is 0.941 bits per heavy atom. The molecule has 2 atom stereocenters. The molecule has 100 valence electrons. The molecule has 1 N–H and O–H groups in total. The largest absolute Gasteiger partial charge is 0.314 e. The van der Waals surface area contributed by atoms with Crippen LogP contribution in [0.5, 0.6) is 0 Å². The zero-order chi connectivity index (χ0) is 11.9. The van der Waals surface area contributed by atoms with Gasteiger partial charge in [-0.05, 0) is 44.1 Å². The van der Waals surface area contributed by atoms with E-state index < -0.39 is 0 Å². The molecule has 17 heavy (non-hydrogen) atoms. The summed E-state index contributed by atoms with van der Waals surface area (Å²) in [7, 11) is 0. The van der Waals surface area contributed by atoms with Crippen molar-refractivity contribution in [3.8, 4) is 0 Å². The molecule has 0 aromatic rings. The van der Waals surface area contributed by atoms with Crippen LogP contribution >= 0.6 is 0 Å². The van der Waals surface area contributed by atoms with Crippen molar-refractivity contribution >= 4 is 0 Å². The molecule has 0 bridgehead atoms. The minimum atomic E-state index is 0.845. The fourth-order valence-corrected chi connectivity index (χ4v) is 3.84. The highest BCUT2D eigenvalue weighted by Crippen LogP contribution is 2.29. The molecule has 0 radical (unpaired) electrons. The highest BCUT2D eigenvalue weighted by atomic mass is 14.9. The van der Waals surface area contributed by atoms with Gasteiger partial charge in [-0.15, -0.1) is 0 Å². The monoisotopic (exact) mass is 237 g/mol. The Bertz CT molecular complexity index is 196. The van der Waals surface area contributed by atoms with E-state index in [-0.39, 0.29) is 0 Å². The summed E-state index contributed by atoms with van der Waals surface area (Å²) in [5.74, 6) is 2.09. The van der Waals surface area contributed by atoms with Crippen LogP contribution in [0.25, 0.3) is 0 Å². The first-order valence-electron chi connectivity index (χ1n) is 8.12. The Hall–Kier alpha value is -0.0400. The van der Waals surface area contributed by atoms with Gasteiger partial charge >= 0.3 is 0 Å². The van der Waals surface area contributed by atoms with E-state index in [9.17, 15) is 0 Å². The first-order valence-corrected chi connectivity index (χ1v) is 8.12. The van der Waals surface area contributed by atoms with Gasteiger partial charge in [-0.2, -0.15) is 0 Å². The number of hydrogen-bond donors (Lipinski definition) is 1. The molecule has 2 aliphatic carbocycles. The first-order chi connectivity index (χ1) is 8.38. The Morgan fingerprint density at radius 3 is 2.47 bits per heavy atom. The van der Waals surface area contributed by atoms with E-state index >= 15 is 0 Å². The smallest absolute Gasteiger partial charge is 0.00697 e. The van der Waals surface area contributed by atoms with Gasteiger partial charge in [0, 0.05) is 6.04 Å². The average Bonchev–Trinajstić information content (AvgIpc) is 2.88. The lowest BCUT2D eigenvalue weighted by Gasteiger charge is -2.29. The van der Waals surface area contributed by atoms with Crippen molar-refractivity contribution in [3.63, 3.8) is 0 Å². The van der Waals surface area contributed by atoms with Crippen LogP contribution in [0.3, 0.4) is 0 Å². The lowest BCUT2D eigenvalue weighted by atomic mass is 9.84. The number of hydrogen-bond acceptors (Lipinski definition) is 1. The quantitative estimate of drug-likeness (QED) is 0.670. The fraction of sp³-hybridized carbons (Fsp3) is 1.00. The second-order valence-corrected chi connectivity index (χ2v) is 6.38. The number of rotatable bonds is 6. The summed E-state index contributed by atoms with van der Waals surface area (Å²) in [4.78, 5) is 0. The maximum atomic E-state index is 3.81. The normalized spacial score (nSPS) is 30.9. The van der Waals surface area contributed by atoms with Crippen molar-refractivity contribution in [1.29, 1.82) is 0 Å². The molecule has 2 saturated carbocycles. The van der Waals surface area contributed by atoms with Gasteiger partial charge in [0.25, 0.3) is 0 Å². The second-order valence-electron chi connectivity index (χ2n) is 6.38. The molecule has 1 heteroatoms. The lowest BCUT2D eigenvalue weighted by Crippen LogP contribution is -2.34. The maximum absolute atomic E-state index is 3.81. The average molecular weight is 237 g/mol. The summed E-state index contributed by atoms with van der Waals surface area (Å²) in [5, 5.41) is 3.81. The molecule has 0 spiro atoms. The van der Waals surface area contributed by atoms with Gasteiger partial charge in [-0.25, -0.2) is 0 Å². The first kappa shape index (κ1) is 13.4. The van der Waals surface area contributed by atoms with Gasteiger partial charge in [-0.1, -0.05) is 51.9 Å². The highest BCUT2D eigenvalue weighted by Gasteiger charge is 2.20. The summed E-state index contributed by atoms with van der Waals surface area (Å²) in [6, 6.07) is 0.845. The van der Waals surface area contributed by atoms with Crippen molar-refractivity contribution in [1.82, 2.24) is 5.32 Å². The van der Waals surface area contributed by atoms with Gasteiger partial charge in [0.15, 0.2) is 0 Å². The van der Waals surface area contributed by atoms with Crippen LogP contribution in [0.2, 0.25) is 0 Å². The highest BCUT2D eigenvalue weighted by molar-refractivity contribution is 4.77. The molecule has 0 heterocycles. The zero-order valence-electron chi connectivity index (χ0n) is 11.7. The minimum absolute atomic E-state index is 0.845. The van der Waals surface area contributed by atoms with E-state index in [0.29, 0.717) is 0 Å². The second kappa shape index (κ2) is 7.41. The summed E-state index contributed by atoms with van der Waals surface area (Å²) < 4.78 is 0. The van der Waals surface area contributed by atoms with E-state index in [0.717, 1.165) is 17.9 Å². The van der Waals surface area contributed by atoms with Crippen molar-refractivity contribution in [3.05, 3.63) is 0 Å². The topological polar surface area (TPSA) is 12.0 Å². The molecule has 2 fully saturated rings. The van der Waals surface area contributed by atoms with Crippen LogP contribution in [-0.2, 0) is 0 Å². The van der Waals surface area contributed by atoms with Crippen LogP contribution in [0.1, 0.15) is 77.6 Å². The molecule has 2 unspecified atom stereocenters. The molecule has 0 saturated heterocycles. The van der Waals surface area contributed by atoms with Gasteiger partial charge in [-0.3, -0.25) is 0 Å². The van der Waals surface area contributed by atoms with Crippen LogP contribution in [0.15, 0.2) is 0 Å².